The second-order valence-electron chi connectivity index (χ2n) is 7.22. The number of nitrogens with zero attached hydrogens (tertiary/aromatic N) is 2. The van der Waals surface area contributed by atoms with Gasteiger partial charge >= 0.3 is 6.03 Å². The highest BCUT2D eigenvalue weighted by Gasteiger charge is 2.18. The van der Waals surface area contributed by atoms with Crippen LogP contribution in [0.2, 0.25) is 0 Å². The van der Waals surface area contributed by atoms with Crippen molar-refractivity contribution in [1.29, 1.82) is 0 Å². The number of nitrogens with one attached hydrogen (secondary N) is 2. The summed E-state index contributed by atoms with van der Waals surface area (Å²) in [6, 6.07) is 6.84. The summed E-state index contributed by atoms with van der Waals surface area (Å²) < 4.78 is 5.15. The molecule has 1 saturated heterocycles. The molecule has 1 fully saturated rings. The molecule has 3 amide bonds. The normalized spacial score (nSPS) is 14.0. The van der Waals surface area contributed by atoms with Crippen LogP contribution < -0.4 is 10.6 Å². The standard InChI is InChI=1S/C21H28N4O3/c1-15-19(16(2)28-24-15)10-7-11-22-21(27)23-18-9-6-8-17(14-18)20(26)25-12-4-3-5-13-25/h6,8-9,14H,3-5,7,10-13H2,1-2H3,(H2,22,23,27). The highest BCUT2D eigenvalue weighted by Crippen LogP contribution is 2.17. The number of piperidine rings is 1. The molecular formula is C21H28N4O3. The van der Waals surface area contributed by atoms with Crippen LogP contribution in [-0.2, 0) is 6.42 Å². The van der Waals surface area contributed by atoms with Crippen molar-refractivity contribution in [1.82, 2.24) is 15.4 Å². The van der Waals surface area contributed by atoms with E-state index in [1.807, 2.05) is 18.7 Å². The first-order valence-electron chi connectivity index (χ1n) is 9.90. The van der Waals surface area contributed by atoms with E-state index >= 15 is 0 Å². The second-order valence-corrected chi connectivity index (χ2v) is 7.22. The molecule has 1 aromatic heterocycles. The average Bonchev–Trinajstić information content (AvgIpc) is 3.03. The van der Waals surface area contributed by atoms with Gasteiger partial charge in [-0.25, -0.2) is 4.79 Å². The molecule has 2 aromatic rings. The molecule has 0 spiro atoms. The molecule has 0 bridgehead atoms. The molecule has 0 saturated carbocycles. The molecular weight excluding hydrogens is 356 g/mol. The summed E-state index contributed by atoms with van der Waals surface area (Å²) in [5.74, 6) is 0.861. The van der Waals surface area contributed by atoms with E-state index in [1.165, 1.54) is 6.42 Å². The predicted molar refractivity (Wildman–Crippen MR) is 108 cm³/mol. The monoisotopic (exact) mass is 384 g/mol. The molecule has 0 radical (unpaired) electrons. The molecule has 1 aliphatic rings. The van der Waals surface area contributed by atoms with Gasteiger partial charge in [-0.15, -0.1) is 0 Å². The third-order valence-electron chi connectivity index (χ3n) is 5.08. The van der Waals surface area contributed by atoms with Crippen LogP contribution in [0.5, 0.6) is 0 Å². The molecule has 0 atom stereocenters. The molecule has 7 heteroatoms. The lowest BCUT2D eigenvalue weighted by atomic mass is 10.1. The molecule has 0 unspecified atom stereocenters. The summed E-state index contributed by atoms with van der Waals surface area (Å²) in [6.07, 6.45) is 4.90. The van der Waals surface area contributed by atoms with Gasteiger partial charge in [-0.2, -0.15) is 0 Å². The van der Waals surface area contributed by atoms with Gasteiger partial charge in [-0.3, -0.25) is 4.79 Å². The smallest absolute Gasteiger partial charge is 0.319 e. The zero-order valence-electron chi connectivity index (χ0n) is 16.6. The summed E-state index contributed by atoms with van der Waals surface area (Å²) in [6.45, 7) is 5.98. The van der Waals surface area contributed by atoms with Crippen LogP contribution in [0.1, 0.15) is 53.1 Å². The molecule has 28 heavy (non-hydrogen) atoms. The lowest BCUT2D eigenvalue weighted by molar-refractivity contribution is 0.0724. The Morgan fingerprint density at radius 1 is 1.18 bits per heavy atom. The van der Waals surface area contributed by atoms with Crippen LogP contribution in [0, 0.1) is 13.8 Å². The lowest BCUT2D eigenvalue weighted by Gasteiger charge is -2.26. The average molecular weight is 384 g/mol. The Kier molecular flexibility index (Phi) is 6.68. The number of urea groups is 1. The Bertz CT molecular complexity index is 805. The number of hydrogen-bond acceptors (Lipinski definition) is 4. The predicted octanol–water partition coefficient (Wildman–Crippen LogP) is 3.67. The fraction of sp³-hybridized carbons (Fsp3) is 0.476. The summed E-state index contributed by atoms with van der Waals surface area (Å²) in [5.41, 5.74) is 3.23. The highest BCUT2D eigenvalue weighted by molar-refractivity contribution is 5.97. The third kappa shape index (κ3) is 5.12. The Labute approximate surface area is 165 Å². The van der Waals surface area contributed by atoms with Crippen LogP contribution in [0.25, 0.3) is 0 Å². The van der Waals surface area contributed by atoms with Crippen molar-refractivity contribution in [3.8, 4) is 0 Å². The number of hydrogen-bond donors (Lipinski definition) is 2. The maximum absolute atomic E-state index is 12.6. The van der Waals surface area contributed by atoms with Gasteiger partial charge in [0.05, 0.1) is 5.69 Å². The van der Waals surface area contributed by atoms with Gasteiger partial charge in [0.2, 0.25) is 0 Å². The fourth-order valence-corrected chi connectivity index (χ4v) is 3.51. The zero-order valence-corrected chi connectivity index (χ0v) is 16.6. The number of aryl methyl sites for hydroxylation is 2. The van der Waals surface area contributed by atoms with Gasteiger partial charge in [0.1, 0.15) is 5.76 Å². The van der Waals surface area contributed by atoms with E-state index in [-0.39, 0.29) is 11.9 Å². The third-order valence-corrected chi connectivity index (χ3v) is 5.08. The van der Waals surface area contributed by atoms with Gasteiger partial charge in [0, 0.05) is 36.4 Å². The Morgan fingerprint density at radius 2 is 1.96 bits per heavy atom. The minimum absolute atomic E-state index is 0.0308. The largest absolute Gasteiger partial charge is 0.361 e. The summed E-state index contributed by atoms with van der Waals surface area (Å²) in [4.78, 5) is 26.6. The van der Waals surface area contributed by atoms with Gasteiger partial charge in [0.15, 0.2) is 0 Å². The number of benzene rings is 1. The maximum atomic E-state index is 12.6. The number of anilines is 1. The fourth-order valence-electron chi connectivity index (χ4n) is 3.51. The second kappa shape index (κ2) is 9.39. The van der Waals surface area contributed by atoms with Gasteiger partial charge in [-0.1, -0.05) is 11.2 Å². The summed E-state index contributed by atoms with van der Waals surface area (Å²) in [7, 11) is 0. The van der Waals surface area contributed by atoms with E-state index in [0.29, 0.717) is 17.8 Å². The Balaban J connectivity index is 1.46. The topological polar surface area (TPSA) is 87.5 Å². The van der Waals surface area contributed by atoms with Crippen LogP contribution in [0.4, 0.5) is 10.5 Å². The molecule has 150 valence electrons. The number of aromatic nitrogens is 1. The number of likely N-dealkylation sites (tertiary alicyclic amines) is 1. The van der Waals surface area contributed by atoms with Gasteiger partial charge in [-0.05, 0) is 64.2 Å². The van der Waals surface area contributed by atoms with E-state index in [4.69, 9.17) is 4.52 Å². The first kappa shape index (κ1) is 19.9. The first-order valence-corrected chi connectivity index (χ1v) is 9.90. The molecule has 7 nitrogen and oxygen atoms in total. The molecule has 0 aliphatic carbocycles. The van der Waals surface area contributed by atoms with Crippen molar-refractivity contribution in [2.45, 2.75) is 46.0 Å². The summed E-state index contributed by atoms with van der Waals surface area (Å²) in [5, 5.41) is 9.59. The number of carbonyl (C=O) groups is 2. The summed E-state index contributed by atoms with van der Waals surface area (Å²) >= 11 is 0. The van der Waals surface area contributed by atoms with Gasteiger partial charge in [0.25, 0.3) is 5.91 Å². The first-order chi connectivity index (χ1) is 13.5. The Morgan fingerprint density at radius 3 is 2.68 bits per heavy atom. The van der Waals surface area contributed by atoms with E-state index < -0.39 is 0 Å². The van der Waals surface area contributed by atoms with E-state index in [0.717, 1.165) is 55.8 Å². The number of rotatable bonds is 6. The van der Waals surface area contributed by atoms with Crippen LogP contribution in [-0.4, -0.2) is 41.6 Å². The molecule has 1 aromatic carbocycles. The quantitative estimate of drug-likeness (QED) is 0.744. The van der Waals surface area contributed by atoms with Crippen LogP contribution in [0.15, 0.2) is 28.8 Å². The minimum atomic E-state index is -0.277. The molecule has 2 heterocycles. The van der Waals surface area contributed by atoms with Crippen molar-refractivity contribution in [2.24, 2.45) is 0 Å². The molecule has 2 N–H and O–H groups in total. The SMILES string of the molecule is Cc1noc(C)c1CCCNC(=O)Nc1cccc(C(=O)N2CCCCC2)c1. The maximum Gasteiger partial charge on any atom is 0.319 e. The van der Waals surface area contributed by atoms with Crippen molar-refractivity contribution < 1.29 is 14.1 Å². The van der Waals surface area contributed by atoms with Crippen LogP contribution in [0.3, 0.4) is 0 Å². The van der Waals surface area contributed by atoms with E-state index in [1.54, 1.807) is 24.3 Å². The zero-order chi connectivity index (χ0) is 19.9. The van der Waals surface area contributed by atoms with Crippen molar-refractivity contribution in [3.63, 3.8) is 0 Å². The van der Waals surface area contributed by atoms with E-state index in [2.05, 4.69) is 15.8 Å². The number of carbonyl (C=O) groups excluding carboxylic acids is 2. The number of amides is 3. The van der Waals surface area contributed by atoms with Gasteiger partial charge < -0.3 is 20.1 Å². The lowest BCUT2D eigenvalue weighted by Crippen LogP contribution is -2.35. The van der Waals surface area contributed by atoms with Crippen molar-refractivity contribution in [2.75, 3.05) is 25.0 Å². The van der Waals surface area contributed by atoms with Crippen LogP contribution >= 0.6 is 0 Å². The minimum Gasteiger partial charge on any atom is -0.361 e. The molecule has 1 aliphatic heterocycles. The van der Waals surface area contributed by atoms with E-state index in [9.17, 15) is 9.59 Å². The Hall–Kier alpha value is -2.83. The van der Waals surface area contributed by atoms with Crippen molar-refractivity contribution in [3.05, 3.63) is 46.8 Å². The van der Waals surface area contributed by atoms with Crippen molar-refractivity contribution >= 4 is 17.6 Å². The molecule has 3 rings (SSSR count). The highest BCUT2D eigenvalue weighted by atomic mass is 16.5.